The Morgan fingerprint density at radius 2 is 1.65 bits per heavy atom. The highest BCUT2D eigenvalue weighted by molar-refractivity contribution is 7.61. The number of aliphatic hydroxyl groups excluding tert-OH is 2. The van der Waals surface area contributed by atoms with Crippen molar-refractivity contribution in [3.8, 4) is 0 Å². The van der Waals surface area contributed by atoms with Gasteiger partial charge in [0.25, 0.3) is 11.8 Å². The van der Waals surface area contributed by atoms with E-state index in [1.807, 2.05) is 25.1 Å². The molecule has 2 unspecified atom stereocenters. The molecule has 1 saturated heterocycles. The van der Waals surface area contributed by atoms with Crippen molar-refractivity contribution in [3.05, 3.63) is 54.1 Å². The zero-order valence-corrected chi connectivity index (χ0v) is 37.5. The van der Waals surface area contributed by atoms with Crippen LogP contribution < -0.4 is 21.3 Å². The van der Waals surface area contributed by atoms with E-state index in [0.717, 1.165) is 33.2 Å². The minimum Gasteiger partial charge on any atom is -0.386 e. The van der Waals surface area contributed by atoms with Gasteiger partial charge in [0.15, 0.2) is 17.7 Å². The van der Waals surface area contributed by atoms with Crippen LogP contribution in [0.4, 0.5) is 11.5 Å². The largest absolute Gasteiger partial charge is 0.481 e. The number of fused-ring (bicyclic) bond motifs is 1. The monoisotopic (exact) mass is 973 g/mol. The summed E-state index contributed by atoms with van der Waals surface area (Å²) >= 11 is 0. The molecule has 10 N–H and O–H groups in total. The number of anilines is 2. The molecule has 30 heteroatoms. The lowest BCUT2D eigenvalue weighted by Crippen LogP contribution is -2.47. The number of phosphoric acid groups is 3. The van der Waals surface area contributed by atoms with Crippen molar-refractivity contribution in [1.29, 1.82) is 0 Å². The summed E-state index contributed by atoms with van der Waals surface area (Å²) < 4.78 is 62.5. The van der Waals surface area contributed by atoms with Gasteiger partial charge in [0, 0.05) is 73.2 Å². The third-order valence-corrected chi connectivity index (χ3v) is 13.3. The van der Waals surface area contributed by atoms with Gasteiger partial charge in [-0.2, -0.15) is 4.31 Å². The standard InChI is InChI=1S/C35H46N9O18P3/c1-35(2,28(47)31(48)38-11-10-23(45)37-12-13-43-32(49)19-7-5-6-18-21(42(3)4)9-8-20(24(18)19)33(43)50)15-59-65(56,57)62-64(54,55)58-14-22-27(61-63(51,52)53)26(46)34(60-22)44-17-41-25-29(36)39-16-40-30(25)44/h5-9,16-17,22,26-28,34,46-47H,10-15H2,1-4H3,(H,37,45)(H,38,48)(H,54,55)(H,56,57)(H2,36,39,40)(H2,51,52,53)/t22-,26-,27-,28+,34-/m1/s1. The Labute approximate surface area is 368 Å². The Morgan fingerprint density at radius 3 is 2.32 bits per heavy atom. The van der Waals surface area contributed by atoms with Crippen molar-refractivity contribution in [2.45, 2.75) is 50.9 Å². The molecule has 354 valence electrons. The fourth-order valence-electron chi connectivity index (χ4n) is 6.97. The Kier molecular flexibility index (Phi) is 14.6. The second-order valence-electron chi connectivity index (χ2n) is 15.6. The average Bonchev–Trinajstić information content (AvgIpc) is 3.78. The van der Waals surface area contributed by atoms with Crippen LogP contribution in [-0.2, 0) is 45.9 Å². The van der Waals surface area contributed by atoms with E-state index < -0.39 is 96.4 Å². The van der Waals surface area contributed by atoms with Crippen molar-refractivity contribution in [1.82, 2.24) is 35.1 Å². The fourth-order valence-corrected chi connectivity index (χ4v) is 9.80. The van der Waals surface area contributed by atoms with Crippen LogP contribution in [0.2, 0.25) is 0 Å². The molecule has 4 heterocycles. The maximum Gasteiger partial charge on any atom is 0.481 e. The molecule has 6 rings (SSSR count). The van der Waals surface area contributed by atoms with E-state index in [2.05, 4.69) is 34.4 Å². The molecule has 65 heavy (non-hydrogen) atoms. The highest BCUT2D eigenvalue weighted by Gasteiger charge is 2.50. The van der Waals surface area contributed by atoms with Gasteiger partial charge in [0.1, 0.15) is 36.3 Å². The SMILES string of the molecule is CN(C)c1ccc2c3c(cccc13)C(=O)N(CCNC(=O)CCNC(=O)[C@H](O)C(C)(C)COP(=O)(O)OP(=O)(O)OC[C@H]1O[C@@H](n3cnc4c(N)ncnc43)[C@H](O)[C@@H]1OP(=O)(O)O)C2=O. The van der Waals surface area contributed by atoms with E-state index in [4.69, 9.17) is 19.5 Å². The summed E-state index contributed by atoms with van der Waals surface area (Å²) in [5.74, 6) is -2.69. The van der Waals surface area contributed by atoms with Crippen LogP contribution in [0.15, 0.2) is 43.0 Å². The molecule has 4 amide bonds. The predicted molar refractivity (Wildman–Crippen MR) is 223 cm³/mol. The average molecular weight is 974 g/mol. The van der Waals surface area contributed by atoms with Gasteiger partial charge >= 0.3 is 23.5 Å². The number of hydrogen-bond acceptors (Lipinski definition) is 19. The molecule has 27 nitrogen and oxygen atoms in total. The number of imidazole rings is 1. The van der Waals surface area contributed by atoms with Gasteiger partial charge in [-0.3, -0.25) is 42.2 Å². The van der Waals surface area contributed by atoms with Gasteiger partial charge in [0.2, 0.25) is 11.8 Å². The normalized spacial score (nSPS) is 21.3. The topological polar surface area (TPSA) is 387 Å². The Hall–Kier alpha value is -4.82. The number of carbonyl (C=O) groups is 4. The van der Waals surface area contributed by atoms with Gasteiger partial charge in [-0.05, 0) is 18.2 Å². The van der Waals surface area contributed by atoms with Gasteiger partial charge in [-0.1, -0.05) is 26.0 Å². The zero-order valence-electron chi connectivity index (χ0n) is 34.9. The van der Waals surface area contributed by atoms with Gasteiger partial charge < -0.3 is 55.8 Å². The summed E-state index contributed by atoms with van der Waals surface area (Å²) in [5.41, 5.74) is 5.72. The van der Waals surface area contributed by atoms with Crippen LogP contribution >= 0.6 is 23.5 Å². The van der Waals surface area contributed by atoms with Crippen molar-refractivity contribution in [3.63, 3.8) is 0 Å². The number of nitrogens with one attached hydrogen (secondary N) is 2. The molecule has 0 saturated carbocycles. The second kappa shape index (κ2) is 19.2. The third-order valence-electron chi connectivity index (χ3n) is 10.2. The van der Waals surface area contributed by atoms with Gasteiger partial charge in [-0.15, -0.1) is 0 Å². The number of benzene rings is 2. The Bertz CT molecular complexity index is 2620. The molecule has 0 spiro atoms. The number of aromatic nitrogens is 4. The van der Waals surface area contributed by atoms with E-state index in [9.17, 15) is 62.7 Å². The molecular formula is C35H46N9O18P3. The molecular weight excluding hydrogens is 927 g/mol. The minimum atomic E-state index is -5.61. The van der Waals surface area contributed by atoms with Gasteiger partial charge in [0.05, 0.1) is 19.5 Å². The number of amides is 4. The number of hydrogen-bond donors (Lipinski definition) is 9. The molecule has 2 aliphatic rings. The van der Waals surface area contributed by atoms with E-state index in [0.29, 0.717) is 16.5 Å². The number of phosphoric ester groups is 3. The summed E-state index contributed by atoms with van der Waals surface area (Å²) in [4.78, 5) is 106. The van der Waals surface area contributed by atoms with Crippen molar-refractivity contribution in [2.75, 3.05) is 57.6 Å². The second-order valence-corrected chi connectivity index (χ2v) is 19.8. The molecule has 2 aromatic carbocycles. The summed E-state index contributed by atoms with van der Waals surface area (Å²) in [6.45, 7) is -0.159. The van der Waals surface area contributed by atoms with Crippen LogP contribution in [0.5, 0.6) is 0 Å². The minimum absolute atomic E-state index is 0.0192. The highest BCUT2D eigenvalue weighted by atomic mass is 31.3. The first-order chi connectivity index (χ1) is 30.3. The molecule has 1 fully saturated rings. The number of nitrogens with two attached hydrogens (primary N) is 1. The lowest BCUT2D eigenvalue weighted by Gasteiger charge is -2.30. The summed E-state index contributed by atoms with van der Waals surface area (Å²) in [7, 11) is -12.8. The summed E-state index contributed by atoms with van der Waals surface area (Å²) in [6, 6.07) is 8.61. The first-order valence-corrected chi connectivity index (χ1v) is 23.8. The molecule has 0 radical (unpaired) electrons. The third kappa shape index (κ3) is 11.2. The molecule has 4 aromatic rings. The van der Waals surface area contributed by atoms with Crippen molar-refractivity contribution >= 4 is 80.5 Å². The maximum atomic E-state index is 13.3. The number of nitrogen functional groups attached to an aromatic ring is 1. The summed E-state index contributed by atoms with van der Waals surface area (Å²) in [6.07, 6.45) is -7.19. The molecule has 2 aromatic heterocycles. The van der Waals surface area contributed by atoms with Crippen molar-refractivity contribution < 1.29 is 85.3 Å². The fraction of sp³-hybridized carbons (Fsp3) is 0.457. The molecule has 7 atom stereocenters. The van der Waals surface area contributed by atoms with Crippen LogP contribution in [0.3, 0.4) is 0 Å². The van der Waals surface area contributed by atoms with Crippen LogP contribution in [0, 0.1) is 5.41 Å². The molecule has 0 aliphatic carbocycles. The highest BCUT2D eigenvalue weighted by Crippen LogP contribution is 2.61. The van der Waals surface area contributed by atoms with E-state index in [1.165, 1.54) is 13.8 Å². The first-order valence-electron chi connectivity index (χ1n) is 19.3. The number of carbonyl (C=O) groups excluding carboxylic acids is 4. The Morgan fingerprint density at radius 1 is 0.969 bits per heavy atom. The van der Waals surface area contributed by atoms with E-state index >= 15 is 0 Å². The smallest absolute Gasteiger partial charge is 0.386 e. The number of ether oxygens (including phenoxy) is 1. The number of rotatable bonds is 20. The number of aliphatic hydroxyl groups is 2. The van der Waals surface area contributed by atoms with Crippen LogP contribution in [0.1, 0.15) is 47.2 Å². The first kappa shape index (κ1) is 49.6. The van der Waals surface area contributed by atoms with Gasteiger partial charge in [-0.25, -0.2) is 28.6 Å². The summed E-state index contributed by atoms with van der Waals surface area (Å²) in [5, 5.41) is 27.8. The number of imide groups is 1. The maximum absolute atomic E-state index is 13.3. The van der Waals surface area contributed by atoms with Crippen molar-refractivity contribution in [2.24, 2.45) is 5.41 Å². The lowest BCUT2D eigenvalue weighted by molar-refractivity contribution is -0.137. The van der Waals surface area contributed by atoms with E-state index in [1.54, 1.807) is 24.3 Å². The molecule has 0 bridgehead atoms. The van der Waals surface area contributed by atoms with Crippen LogP contribution in [0.25, 0.3) is 21.9 Å². The van der Waals surface area contributed by atoms with Crippen LogP contribution in [-0.4, -0.2) is 149 Å². The zero-order chi connectivity index (χ0) is 47.8. The quantitative estimate of drug-likeness (QED) is 0.0413. The Balaban J connectivity index is 0.948. The predicted octanol–water partition coefficient (Wildman–Crippen LogP) is -0.0797. The molecule has 2 aliphatic heterocycles. The lowest BCUT2D eigenvalue weighted by atomic mass is 9.87. The number of nitrogens with zero attached hydrogens (tertiary/aromatic N) is 6. The van der Waals surface area contributed by atoms with E-state index in [-0.39, 0.29) is 43.0 Å².